The fraction of sp³-hybridized carbons (Fsp3) is 0.933. The van der Waals surface area contributed by atoms with Gasteiger partial charge in [-0.2, -0.15) is 0 Å². The number of carboxylic acids is 1. The van der Waals surface area contributed by atoms with Gasteiger partial charge in [-0.15, -0.1) is 0 Å². The van der Waals surface area contributed by atoms with Crippen LogP contribution in [0.1, 0.15) is 73.1 Å². The highest BCUT2D eigenvalue weighted by Gasteiger charge is 2.33. The zero-order valence-electron chi connectivity index (χ0n) is 12.3. The smallest absolute Gasteiger partial charge is 0.309 e. The van der Waals surface area contributed by atoms with Crippen molar-refractivity contribution in [3.05, 3.63) is 0 Å². The van der Waals surface area contributed by atoms with Gasteiger partial charge in [-0.3, -0.25) is 4.79 Å². The second-order valence-electron chi connectivity index (χ2n) is 6.05. The molecule has 0 bridgehead atoms. The fourth-order valence-electron chi connectivity index (χ4n) is 3.00. The number of hydrogen-bond donors (Lipinski definition) is 1. The standard InChI is InChI=1S/C15H30O2/c1-6-8-12(3)10-13(4)11-15(5,9-7-2)14(16)17/h12-13H,6-11H2,1-5H3,(H,16,17). The van der Waals surface area contributed by atoms with Crippen LogP contribution in [0.3, 0.4) is 0 Å². The predicted octanol–water partition coefficient (Wildman–Crippen LogP) is 4.73. The topological polar surface area (TPSA) is 37.3 Å². The molecule has 0 saturated carbocycles. The van der Waals surface area contributed by atoms with Gasteiger partial charge in [0.05, 0.1) is 5.41 Å². The van der Waals surface area contributed by atoms with E-state index in [1.165, 1.54) is 12.8 Å². The van der Waals surface area contributed by atoms with E-state index >= 15 is 0 Å². The van der Waals surface area contributed by atoms with E-state index in [1.807, 2.05) is 6.92 Å². The van der Waals surface area contributed by atoms with E-state index in [1.54, 1.807) is 0 Å². The molecule has 0 heterocycles. The molecule has 0 aliphatic rings. The minimum atomic E-state index is -0.630. The molecule has 1 N–H and O–H groups in total. The molecule has 102 valence electrons. The average molecular weight is 242 g/mol. The Kier molecular flexibility index (Phi) is 7.49. The summed E-state index contributed by atoms with van der Waals surface area (Å²) in [5, 5.41) is 9.35. The zero-order chi connectivity index (χ0) is 13.5. The monoisotopic (exact) mass is 242 g/mol. The average Bonchev–Trinajstić information content (AvgIpc) is 2.17. The van der Waals surface area contributed by atoms with E-state index in [0.29, 0.717) is 5.92 Å². The van der Waals surface area contributed by atoms with Crippen LogP contribution < -0.4 is 0 Å². The SMILES string of the molecule is CCCC(C)CC(C)CC(C)(CCC)C(=O)O. The van der Waals surface area contributed by atoms with Crippen molar-refractivity contribution in [2.24, 2.45) is 17.3 Å². The maximum absolute atomic E-state index is 11.4. The molecule has 0 radical (unpaired) electrons. The molecule has 0 aliphatic heterocycles. The molecule has 0 aromatic rings. The summed E-state index contributed by atoms with van der Waals surface area (Å²) in [4.78, 5) is 11.4. The van der Waals surface area contributed by atoms with Gasteiger partial charge in [-0.1, -0.05) is 47.0 Å². The molecule has 0 rings (SSSR count). The Labute approximate surface area is 107 Å². The van der Waals surface area contributed by atoms with Gasteiger partial charge in [0.15, 0.2) is 0 Å². The predicted molar refractivity (Wildman–Crippen MR) is 73.1 cm³/mol. The van der Waals surface area contributed by atoms with Crippen molar-refractivity contribution in [2.75, 3.05) is 0 Å². The van der Waals surface area contributed by atoms with E-state index < -0.39 is 11.4 Å². The van der Waals surface area contributed by atoms with Crippen LogP contribution in [0, 0.1) is 17.3 Å². The van der Waals surface area contributed by atoms with Crippen LogP contribution in [0.15, 0.2) is 0 Å². The number of aliphatic carboxylic acids is 1. The van der Waals surface area contributed by atoms with Crippen molar-refractivity contribution in [1.82, 2.24) is 0 Å². The van der Waals surface area contributed by atoms with Gasteiger partial charge in [0, 0.05) is 0 Å². The molecule has 0 amide bonds. The van der Waals surface area contributed by atoms with E-state index in [9.17, 15) is 9.90 Å². The maximum atomic E-state index is 11.4. The Bertz CT molecular complexity index is 225. The molecule has 0 saturated heterocycles. The summed E-state index contributed by atoms with van der Waals surface area (Å²) in [5.41, 5.74) is -0.528. The summed E-state index contributed by atoms with van der Waals surface area (Å²) in [5.74, 6) is 0.591. The second kappa shape index (κ2) is 7.73. The second-order valence-corrected chi connectivity index (χ2v) is 6.05. The number of hydrogen-bond acceptors (Lipinski definition) is 1. The molecule has 0 aromatic carbocycles. The molecule has 0 spiro atoms. The molecule has 2 nitrogen and oxygen atoms in total. The summed E-state index contributed by atoms with van der Waals surface area (Å²) in [6, 6.07) is 0. The van der Waals surface area contributed by atoms with E-state index in [2.05, 4.69) is 27.7 Å². The van der Waals surface area contributed by atoms with Crippen molar-refractivity contribution in [3.8, 4) is 0 Å². The summed E-state index contributed by atoms with van der Waals surface area (Å²) < 4.78 is 0. The maximum Gasteiger partial charge on any atom is 0.309 e. The van der Waals surface area contributed by atoms with Crippen molar-refractivity contribution in [3.63, 3.8) is 0 Å². The lowest BCUT2D eigenvalue weighted by atomic mass is 9.76. The molecule has 0 fully saturated rings. The zero-order valence-corrected chi connectivity index (χ0v) is 12.3. The van der Waals surface area contributed by atoms with Gasteiger partial charge in [0.25, 0.3) is 0 Å². The molecule has 0 aromatic heterocycles. The minimum Gasteiger partial charge on any atom is -0.481 e. The quantitative estimate of drug-likeness (QED) is 0.634. The van der Waals surface area contributed by atoms with E-state index in [0.717, 1.165) is 31.6 Å². The Morgan fingerprint density at radius 2 is 1.76 bits per heavy atom. The molecule has 0 aliphatic carbocycles. The normalized spacial score (nSPS) is 18.4. The summed E-state index contributed by atoms with van der Waals surface area (Å²) in [6.07, 6.45) is 6.17. The third kappa shape index (κ3) is 6.09. The van der Waals surface area contributed by atoms with Crippen molar-refractivity contribution in [2.45, 2.75) is 73.1 Å². The molecule has 3 atom stereocenters. The molecule has 2 heteroatoms. The first-order valence-corrected chi connectivity index (χ1v) is 7.09. The first-order chi connectivity index (χ1) is 7.85. The third-order valence-electron chi connectivity index (χ3n) is 3.70. The number of rotatable bonds is 9. The van der Waals surface area contributed by atoms with Crippen molar-refractivity contribution >= 4 is 5.97 Å². The number of carboxylic acid groups (broad SMARTS) is 1. The Hall–Kier alpha value is -0.530. The number of carbonyl (C=O) groups is 1. The van der Waals surface area contributed by atoms with Gasteiger partial charge in [0.2, 0.25) is 0 Å². The van der Waals surface area contributed by atoms with Gasteiger partial charge in [0.1, 0.15) is 0 Å². The first-order valence-electron chi connectivity index (χ1n) is 7.09. The van der Waals surface area contributed by atoms with Crippen molar-refractivity contribution < 1.29 is 9.90 Å². The summed E-state index contributed by atoms with van der Waals surface area (Å²) in [6.45, 7) is 10.6. The van der Waals surface area contributed by atoms with Crippen molar-refractivity contribution in [1.29, 1.82) is 0 Å². The van der Waals surface area contributed by atoms with Gasteiger partial charge in [-0.05, 0) is 38.0 Å². The highest BCUT2D eigenvalue weighted by atomic mass is 16.4. The van der Waals surface area contributed by atoms with Gasteiger partial charge < -0.3 is 5.11 Å². The van der Waals surface area contributed by atoms with Crippen LogP contribution >= 0.6 is 0 Å². The Morgan fingerprint density at radius 3 is 2.18 bits per heavy atom. The van der Waals surface area contributed by atoms with Crippen LogP contribution in [0.2, 0.25) is 0 Å². The highest BCUT2D eigenvalue weighted by Crippen LogP contribution is 2.34. The lowest BCUT2D eigenvalue weighted by molar-refractivity contribution is -0.149. The van der Waals surface area contributed by atoms with Crippen LogP contribution in [-0.2, 0) is 4.79 Å². The van der Waals surface area contributed by atoms with E-state index in [-0.39, 0.29) is 0 Å². The Balaban J connectivity index is 4.31. The summed E-state index contributed by atoms with van der Waals surface area (Å²) in [7, 11) is 0. The fourth-order valence-corrected chi connectivity index (χ4v) is 3.00. The third-order valence-corrected chi connectivity index (χ3v) is 3.70. The first kappa shape index (κ1) is 16.5. The minimum absolute atomic E-state index is 0.504. The van der Waals surface area contributed by atoms with Crippen LogP contribution in [0.4, 0.5) is 0 Å². The lowest BCUT2D eigenvalue weighted by Gasteiger charge is -2.28. The molecular formula is C15H30O2. The highest BCUT2D eigenvalue weighted by molar-refractivity contribution is 5.74. The molecule has 17 heavy (non-hydrogen) atoms. The van der Waals surface area contributed by atoms with Crippen LogP contribution in [0.5, 0.6) is 0 Å². The van der Waals surface area contributed by atoms with Crippen LogP contribution in [0.25, 0.3) is 0 Å². The summed E-state index contributed by atoms with van der Waals surface area (Å²) >= 11 is 0. The molecule has 3 unspecified atom stereocenters. The Morgan fingerprint density at radius 1 is 1.18 bits per heavy atom. The lowest BCUT2D eigenvalue weighted by Crippen LogP contribution is -2.30. The van der Waals surface area contributed by atoms with Crippen LogP contribution in [-0.4, -0.2) is 11.1 Å². The molecular weight excluding hydrogens is 212 g/mol. The van der Waals surface area contributed by atoms with Gasteiger partial charge in [-0.25, -0.2) is 0 Å². The van der Waals surface area contributed by atoms with E-state index in [4.69, 9.17) is 0 Å². The van der Waals surface area contributed by atoms with Gasteiger partial charge >= 0.3 is 5.97 Å². The largest absolute Gasteiger partial charge is 0.481 e.